The quantitative estimate of drug-likeness (QED) is 0.573. The number of hydrogen-bond donors (Lipinski definition) is 1. The number of hydrogen-bond acceptors (Lipinski definition) is 3. The van der Waals surface area contributed by atoms with Crippen LogP contribution in [0.15, 0.2) is 65.7 Å². The summed E-state index contributed by atoms with van der Waals surface area (Å²) in [4.78, 5) is 4.64. The largest absolute Gasteiger partial charge is 0.399 e. The number of anilines is 1. The number of benzene rings is 2. The summed E-state index contributed by atoms with van der Waals surface area (Å²) in [6.45, 7) is 0. The number of fused-ring (bicyclic) bond motifs is 1. The number of pyridine rings is 1. The number of rotatable bonds is 3. The molecule has 1 heterocycles. The maximum Gasteiger partial charge on any atom is 0.0970 e. The molecule has 0 unspecified atom stereocenters. The van der Waals surface area contributed by atoms with E-state index < -0.39 is 0 Å². The molecule has 3 aromatic rings. The summed E-state index contributed by atoms with van der Waals surface area (Å²) in [5, 5.41) is 2.13. The van der Waals surface area contributed by atoms with Crippen LogP contribution in [0.5, 0.6) is 0 Å². The van der Waals surface area contributed by atoms with E-state index in [-0.39, 0.29) is 0 Å². The van der Waals surface area contributed by atoms with Crippen molar-refractivity contribution in [1.82, 2.24) is 4.98 Å². The Labute approximate surface area is 116 Å². The monoisotopic (exact) mass is 266 g/mol. The Hall–Kier alpha value is -2.00. The Morgan fingerprint density at radius 1 is 0.947 bits per heavy atom. The molecule has 0 aliphatic rings. The molecule has 0 spiro atoms. The van der Waals surface area contributed by atoms with Gasteiger partial charge in [0.05, 0.1) is 10.5 Å². The Morgan fingerprint density at radius 3 is 2.63 bits per heavy atom. The van der Waals surface area contributed by atoms with Crippen molar-refractivity contribution in [3.63, 3.8) is 0 Å². The molecule has 94 valence electrons. The van der Waals surface area contributed by atoms with Crippen LogP contribution >= 0.6 is 11.8 Å². The van der Waals surface area contributed by atoms with E-state index in [9.17, 15) is 0 Å². The molecular weight excluding hydrogens is 252 g/mol. The van der Waals surface area contributed by atoms with Crippen LogP contribution in [0, 0.1) is 0 Å². The maximum atomic E-state index is 5.76. The van der Waals surface area contributed by atoms with Gasteiger partial charge < -0.3 is 5.73 Å². The second kappa shape index (κ2) is 5.33. The van der Waals surface area contributed by atoms with Gasteiger partial charge in [-0.3, -0.25) is 0 Å². The molecule has 2 nitrogen and oxygen atoms in total. The molecule has 19 heavy (non-hydrogen) atoms. The first-order valence-corrected chi connectivity index (χ1v) is 7.13. The molecule has 1 aromatic heterocycles. The van der Waals surface area contributed by atoms with Gasteiger partial charge >= 0.3 is 0 Å². The number of nitrogen functional groups attached to an aromatic ring is 1. The molecule has 2 aromatic carbocycles. The van der Waals surface area contributed by atoms with E-state index >= 15 is 0 Å². The van der Waals surface area contributed by atoms with E-state index in [4.69, 9.17) is 5.73 Å². The fourth-order valence-electron chi connectivity index (χ4n) is 1.94. The number of nitrogens with two attached hydrogens (primary N) is 1. The lowest BCUT2D eigenvalue weighted by molar-refractivity contribution is 1.18. The minimum Gasteiger partial charge on any atom is -0.399 e. The number of nitrogens with zero attached hydrogens (tertiary/aromatic N) is 1. The first-order chi connectivity index (χ1) is 9.31. The minimum absolute atomic E-state index is 0.777. The summed E-state index contributed by atoms with van der Waals surface area (Å²) in [5.74, 6) is 0.939. The predicted octanol–water partition coefficient (Wildman–Crippen LogP) is 4.11. The normalized spacial score (nSPS) is 10.7. The molecule has 3 heteroatoms. The van der Waals surface area contributed by atoms with Gasteiger partial charge in [-0.1, -0.05) is 36.4 Å². The van der Waals surface area contributed by atoms with E-state index in [1.54, 1.807) is 11.8 Å². The van der Waals surface area contributed by atoms with Gasteiger partial charge in [-0.2, -0.15) is 0 Å². The van der Waals surface area contributed by atoms with Crippen molar-refractivity contribution < 1.29 is 0 Å². The van der Waals surface area contributed by atoms with Crippen molar-refractivity contribution >= 4 is 28.4 Å². The van der Waals surface area contributed by atoms with Crippen molar-refractivity contribution in [1.29, 1.82) is 0 Å². The first kappa shape index (κ1) is 12.1. The Bertz CT molecular complexity index is 695. The standard InChI is InChI=1S/C16H14N2S/c17-14-7-8-15-13(10-14)6-9-16(18-15)19-11-12-4-2-1-3-5-12/h1-10H,11,17H2. The molecule has 2 N–H and O–H groups in total. The van der Waals surface area contributed by atoms with Gasteiger partial charge in [0, 0.05) is 16.8 Å². The van der Waals surface area contributed by atoms with Crippen molar-refractivity contribution in [2.75, 3.05) is 5.73 Å². The molecule has 0 saturated heterocycles. The highest BCUT2D eigenvalue weighted by Crippen LogP contribution is 2.24. The summed E-state index contributed by atoms with van der Waals surface area (Å²) < 4.78 is 0. The molecule has 0 amide bonds. The van der Waals surface area contributed by atoms with Gasteiger partial charge in [0.15, 0.2) is 0 Å². The van der Waals surface area contributed by atoms with Gasteiger partial charge in [-0.25, -0.2) is 4.98 Å². The molecular formula is C16H14N2S. The lowest BCUT2D eigenvalue weighted by Crippen LogP contribution is -1.87. The first-order valence-electron chi connectivity index (χ1n) is 6.14. The van der Waals surface area contributed by atoms with Gasteiger partial charge in [0.2, 0.25) is 0 Å². The van der Waals surface area contributed by atoms with Crippen LogP contribution in [0.2, 0.25) is 0 Å². The van der Waals surface area contributed by atoms with E-state index in [1.807, 2.05) is 24.3 Å². The molecule has 0 saturated carbocycles. The van der Waals surface area contributed by atoms with Crippen LogP contribution < -0.4 is 5.73 Å². The maximum absolute atomic E-state index is 5.76. The highest BCUT2D eigenvalue weighted by atomic mass is 32.2. The zero-order valence-electron chi connectivity index (χ0n) is 10.4. The van der Waals surface area contributed by atoms with E-state index in [0.717, 1.165) is 27.4 Å². The molecule has 0 bridgehead atoms. The van der Waals surface area contributed by atoms with Crippen LogP contribution in [0.25, 0.3) is 10.9 Å². The summed E-state index contributed by atoms with van der Waals surface area (Å²) in [5.41, 5.74) is 8.85. The van der Waals surface area contributed by atoms with E-state index in [1.165, 1.54) is 5.56 Å². The Morgan fingerprint density at radius 2 is 1.79 bits per heavy atom. The van der Waals surface area contributed by atoms with Crippen LogP contribution in [0.1, 0.15) is 5.56 Å². The summed E-state index contributed by atoms with van der Waals surface area (Å²) in [6, 6.07) is 20.4. The van der Waals surface area contributed by atoms with E-state index in [0.29, 0.717) is 0 Å². The van der Waals surface area contributed by atoms with Crippen molar-refractivity contribution in [2.24, 2.45) is 0 Å². The smallest absolute Gasteiger partial charge is 0.0970 e. The Kier molecular flexibility index (Phi) is 3.38. The molecule has 0 fully saturated rings. The lowest BCUT2D eigenvalue weighted by Gasteiger charge is -2.04. The van der Waals surface area contributed by atoms with Crippen molar-refractivity contribution in [3.8, 4) is 0 Å². The van der Waals surface area contributed by atoms with Crippen molar-refractivity contribution in [2.45, 2.75) is 10.8 Å². The fourth-order valence-corrected chi connectivity index (χ4v) is 2.77. The van der Waals surface area contributed by atoms with Crippen LogP contribution in [0.3, 0.4) is 0 Å². The zero-order chi connectivity index (χ0) is 13.1. The third-order valence-corrected chi connectivity index (χ3v) is 3.92. The van der Waals surface area contributed by atoms with Gasteiger partial charge in [-0.05, 0) is 29.8 Å². The van der Waals surface area contributed by atoms with Crippen LogP contribution in [-0.2, 0) is 5.75 Å². The number of thioether (sulfide) groups is 1. The topological polar surface area (TPSA) is 38.9 Å². The SMILES string of the molecule is Nc1ccc2nc(SCc3ccccc3)ccc2c1. The third kappa shape index (κ3) is 2.88. The molecule has 0 aliphatic heterocycles. The predicted molar refractivity (Wildman–Crippen MR) is 82.2 cm³/mol. The number of aromatic nitrogens is 1. The molecule has 0 aliphatic carbocycles. The highest BCUT2D eigenvalue weighted by molar-refractivity contribution is 7.98. The summed E-state index contributed by atoms with van der Waals surface area (Å²) >= 11 is 1.75. The second-order valence-corrected chi connectivity index (χ2v) is 5.37. The second-order valence-electron chi connectivity index (χ2n) is 4.38. The van der Waals surface area contributed by atoms with E-state index in [2.05, 4.69) is 41.4 Å². The molecule has 0 atom stereocenters. The molecule has 0 radical (unpaired) electrons. The lowest BCUT2D eigenvalue weighted by atomic mass is 10.2. The van der Waals surface area contributed by atoms with Crippen molar-refractivity contribution in [3.05, 3.63) is 66.2 Å². The van der Waals surface area contributed by atoms with Crippen LogP contribution in [-0.4, -0.2) is 4.98 Å². The zero-order valence-corrected chi connectivity index (χ0v) is 11.2. The minimum atomic E-state index is 0.777. The average molecular weight is 266 g/mol. The fraction of sp³-hybridized carbons (Fsp3) is 0.0625. The Balaban J connectivity index is 1.80. The van der Waals surface area contributed by atoms with Gasteiger partial charge in [0.25, 0.3) is 0 Å². The third-order valence-electron chi connectivity index (χ3n) is 2.92. The summed E-state index contributed by atoms with van der Waals surface area (Å²) in [7, 11) is 0. The summed E-state index contributed by atoms with van der Waals surface area (Å²) in [6.07, 6.45) is 0. The van der Waals surface area contributed by atoms with Gasteiger partial charge in [-0.15, -0.1) is 11.8 Å². The highest BCUT2D eigenvalue weighted by Gasteiger charge is 2.00. The molecule has 3 rings (SSSR count). The van der Waals surface area contributed by atoms with Gasteiger partial charge in [0.1, 0.15) is 0 Å². The van der Waals surface area contributed by atoms with Crippen LogP contribution in [0.4, 0.5) is 5.69 Å². The average Bonchev–Trinajstić information content (AvgIpc) is 2.46.